The number of aliphatic hydroxyl groups is 1. The van der Waals surface area contributed by atoms with Crippen molar-refractivity contribution < 1.29 is 9.90 Å². The summed E-state index contributed by atoms with van der Waals surface area (Å²) in [6, 6.07) is 8.07. The number of benzene rings is 1. The van der Waals surface area contributed by atoms with Crippen molar-refractivity contribution in [1.29, 1.82) is 0 Å². The Kier molecular flexibility index (Phi) is 5.91. The summed E-state index contributed by atoms with van der Waals surface area (Å²) >= 11 is 2.86. The number of aromatic nitrogens is 2. The second kappa shape index (κ2) is 8.33. The highest BCUT2D eigenvalue weighted by molar-refractivity contribution is 7.99. The van der Waals surface area contributed by atoms with Gasteiger partial charge in [0.15, 0.2) is 5.13 Å². The highest BCUT2D eigenvalue weighted by atomic mass is 32.2. The fraction of sp³-hybridized carbons (Fsp3) is 0.222. The lowest BCUT2D eigenvalue weighted by Gasteiger charge is -2.17. The molecule has 0 aliphatic heterocycles. The predicted octanol–water partition coefficient (Wildman–Crippen LogP) is 3.54. The van der Waals surface area contributed by atoms with Gasteiger partial charge in [0, 0.05) is 40.3 Å². The van der Waals surface area contributed by atoms with Crippen molar-refractivity contribution in [2.45, 2.75) is 0 Å². The van der Waals surface area contributed by atoms with Crippen LogP contribution in [-0.2, 0) is 4.79 Å². The van der Waals surface area contributed by atoms with E-state index in [1.165, 1.54) is 23.1 Å². The summed E-state index contributed by atoms with van der Waals surface area (Å²) < 4.78 is 0. The van der Waals surface area contributed by atoms with Crippen molar-refractivity contribution in [1.82, 2.24) is 9.97 Å². The van der Waals surface area contributed by atoms with E-state index in [4.69, 9.17) is 5.11 Å². The number of thioether (sulfide) groups is 1. The van der Waals surface area contributed by atoms with Crippen LogP contribution in [0, 0.1) is 0 Å². The van der Waals surface area contributed by atoms with Gasteiger partial charge in [-0.2, -0.15) is 0 Å². The highest BCUT2D eigenvalue weighted by Gasteiger charge is 2.19. The Morgan fingerprint density at radius 1 is 1.44 bits per heavy atom. The number of anilines is 1. The third kappa shape index (κ3) is 3.95. The summed E-state index contributed by atoms with van der Waals surface area (Å²) in [6.07, 6.45) is 3.64. The van der Waals surface area contributed by atoms with Gasteiger partial charge < -0.3 is 10.1 Å². The van der Waals surface area contributed by atoms with Crippen LogP contribution in [0.4, 0.5) is 5.13 Å². The molecule has 2 aromatic heterocycles. The number of carbonyl (C=O) groups is 1. The summed E-state index contributed by atoms with van der Waals surface area (Å²) in [4.78, 5) is 22.0. The molecule has 1 amide bonds. The van der Waals surface area contributed by atoms with E-state index in [0.29, 0.717) is 23.2 Å². The Labute approximate surface area is 154 Å². The molecule has 0 radical (unpaired) electrons. The standard InChI is InChI=1S/C18H19N3O2S2/c1-2-7-21(17(23)12-24-9-8-22)18-20-16(11-25-18)14-10-19-15-6-4-3-5-13(14)15/h2-6,10-11,19,22H,1,7-9,12H2. The van der Waals surface area contributed by atoms with Crippen LogP contribution in [0.25, 0.3) is 22.2 Å². The van der Waals surface area contributed by atoms with Gasteiger partial charge in [0.2, 0.25) is 5.91 Å². The van der Waals surface area contributed by atoms with Gasteiger partial charge in [-0.05, 0) is 6.07 Å². The van der Waals surface area contributed by atoms with E-state index in [1.807, 2.05) is 29.8 Å². The molecule has 3 rings (SSSR count). The monoisotopic (exact) mass is 373 g/mol. The lowest BCUT2D eigenvalue weighted by Crippen LogP contribution is -2.32. The molecular formula is C18H19N3O2S2. The first-order valence-corrected chi connectivity index (χ1v) is 9.90. The predicted molar refractivity (Wildman–Crippen MR) is 106 cm³/mol. The third-order valence-electron chi connectivity index (χ3n) is 3.66. The number of carbonyl (C=O) groups excluding carboxylic acids is 1. The van der Waals surface area contributed by atoms with E-state index in [2.05, 4.69) is 22.6 Å². The van der Waals surface area contributed by atoms with Gasteiger partial charge in [0.25, 0.3) is 0 Å². The number of nitrogens with one attached hydrogen (secondary N) is 1. The average molecular weight is 374 g/mol. The summed E-state index contributed by atoms with van der Waals surface area (Å²) in [6.45, 7) is 4.22. The van der Waals surface area contributed by atoms with Gasteiger partial charge in [0.05, 0.1) is 18.1 Å². The maximum atomic E-state index is 12.5. The van der Waals surface area contributed by atoms with Gasteiger partial charge in [0.1, 0.15) is 0 Å². The van der Waals surface area contributed by atoms with Crippen LogP contribution in [0.2, 0.25) is 0 Å². The minimum Gasteiger partial charge on any atom is -0.396 e. The minimum atomic E-state index is -0.0295. The number of aliphatic hydroxyl groups excluding tert-OH is 1. The first-order chi connectivity index (χ1) is 12.2. The van der Waals surface area contributed by atoms with E-state index in [0.717, 1.165) is 22.2 Å². The maximum Gasteiger partial charge on any atom is 0.239 e. The fourth-order valence-electron chi connectivity index (χ4n) is 2.51. The molecule has 5 nitrogen and oxygen atoms in total. The molecule has 0 aliphatic rings. The maximum absolute atomic E-state index is 12.5. The van der Waals surface area contributed by atoms with E-state index in [9.17, 15) is 4.79 Å². The number of H-pyrrole nitrogens is 1. The molecule has 2 heterocycles. The van der Waals surface area contributed by atoms with Gasteiger partial charge in [-0.25, -0.2) is 4.98 Å². The summed E-state index contributed by atoms with van der Waals surface area (Å²) in [5.74, 6) is 0.834. The molecule has 1 aromatic carbocycles. The number of fused-ring (bicyclic) bond motifs is 1. The number of nitrogens with zero attached hydrogens (tertiary/aromatic N) is 2. The number of rotatable bonds is 8. The number of aromatic amines is 1. The Bertz CT molecular complexity index is 872. The number of hydrogen-bond acceptors (Lipinski definition) is 5. The Morgan fingerprint density at radius 2 is 2.28 bits per heavy atom. The van der Waals surface area contributed by atoms with Gasteiger partial charge in [-0.15, -0.1) is 29.7 Å². The van der Waals surface area contributed by atoms with E-state index < -0.39 is 0 Å². The van der Waals surface area contributed by atoms with Crippen molar-refractivity contribution in [2.75, 3.05) is 29.6 Å². The van der Waals surface area contributed by atoms with Gasteiger partial charge in [-0.3, -0.25) is 9.69 Å². The van der Waals surface area contributed by atoms with Crippen molar-refractivity contribution in [3.05, 3.63) is 48.5 Å². The minimum absolute atomic E-state index is 0.0295. The molecule has 0 saturated carbocycles. The Balaban J connectivity index is 1.85. The topological polar surface area (TPSA) is 69.2 Å². The number of para-hydroxylation sites is 1. The van der Waals surface area contributed by atoms with E-state index >= 15 is 0 Å². The smallest absolute Gasteiger partial charge is 0.239 e. The molecule has 25 heavy (non-hydrogen) atoms. The van der Waals surface area contributed by atoms with Crippen LogP contribution >= 0.6 is 23.1 Å². The SMILES string of the molecule is C=CCN(C(=O)CSCCO)c1nc(-c2c[nH]c3ccccc23)cs1. The molecule has 0 bridgehead atoms. The molecule has 0 unspecified atom stereocenters. The molecule has 0 atom stereocenters. The first-order valence-electron chi connectivity index (χ1n) is 7.86. The van der Waals surface area contributed by atoms with Crippen LogP contribution in [-0.4, -0.2) is 45.6 Å². The van der Waals surface area contributed by atoms with Crippen molar-refractivity contribution >= 4 is 45.0 Å². The summed E-state index contributed by atoms with van der Waals surface area (Å²) in [5, 5.41) is 12.6. The van der Waals surface area contributed by atoms with Crippen LogP contribution in [0.15, 0.2) is 48.5 Å². The van der Waals surface area contributed by atoms with Crippen LogP contribution in [0.5, 0.6) is 0 Å². The largest absolute Gasteiger partial charge is 0.396 e. The van der Waals surface area contributed by atoms with E-state index in [-0.39, 0.29) is 12.5 Å². The van der Waals surface area contributed by atoms with Crippen LogP contribution < -0.4 is 4.90 Å². The zero-order valence-electron chi connectivity index (χ0n) is 13.6. The number of hydrogen-bond donors (Lipinski definition) is 2. The number of amides is 1. The molecule has 7 heteroatoms. The van der Waals surface area contributed by atoms with Crippen molar-refractivity contribution in [2.24, 2.45) is 0 Å². The van der Waals surface area contributed by atoms with Gasteiger partial charge >= 0.3 is 0 Å². The molecule has 130 valence electrons. The number of thiazole rings is 1. The average Bonchev–Trinajstić information content (AvgIpc) is 3.26. The molecular weight excluding hydrogens is 354 g/mol. The molecule has 0 spiro atoms. The lowest BCUT2D eigenvalue weighted by molar-refractivity contribution is -0.116. The molecule has 0 saturated heterocycles. The Hall–Kier alpha value is -2.09. The normalized spacial score (nSPS) is 10.9. The quantitative estimate of drug-likeness (QED) is 0.468. The fourth-order valence-corrected chi connectivity index (χ4v) is 3.97. The third-order valence-corrected chi connectivity index (χ3v) is 5.45. The zero-order chi connectivity index (χ0) is 17.6. The van der Waals surface area contributed by atoms with Crippen molar-refractivity contribution in [3.8, 4) is 11.3 Å². The molecule has 3 aromatic rings. The Morgan fingerprint density at radius 3 is 3.08 bits per heavy atom. The molecule has 2 N–H and O–H groups in total. The van der Waals surface area contributed by atoms with Crippen molar-refractivity contribution in [3.63, 3.8) is 0 Å². The lowest BCUT2D eigenvalue weighted by atomic mass is 10.1. The second-order valence-corrected chi connectivity index (χ2v) is 7.27. The zero-order valence-corrected chi connectivity index (χ0v) is 15.3. The van der Waals surface area contributed by atoms with E-state index in [1.54, 1.807) is 11.0 Å². The van der Waals surface area contributed by atoms with Crippen LogP contribution in [0.3, 0.4) is 0 Å². The van der Waals surface area contributed by atoms with Crippen LogP contribution in [0.1, 0.15) is 0 Å². The highest BCUT2D eigenvalue weighted by Crippen LogP contribution is 2.32. The molecule has 0 aliphatic carbocycles. The second-order valence-electron chi connectivity index (χ2n) is 5.33. The first kappa shape index (κ1) is 17.7. The molecule has 0 fully saturated rings. The summed E-state index contributed by atoms with van der Waals surface area (Å²) in [7, 11) is 0. The van der Waals surface area contributed by atoms with Gasteiger partial charge in [-0.1, -0.05) is 24.3 Å². The summed E-state index contributed by atoms with van der Waals surface area (Å²) in [5.41, 5.74) is 2.94.